The van der Waals surface area contributed by atoms with E-state index in [1.54, 1.807) is 25.3 Å². The molecule has 0 saturated heterocycles. The fourth-order valence-corrected chi connectivity index (χ4v) is 1.42. The zero-order valence-corrected chi connectivity index (χ0v) is 10.3. The molecular formula is C13H13ClO3. The lowest BCUT2D eigenvalue weighted by molar-refractivity contribution is -0.136. The summed E-state index contributed by atoms with van der Waals surface area (Å²) in [6.45, 7) is 0. The Balaban J connectivity index is 3.03. The van der Waals surface area contributed by atoms with Gasteiger partial charge in [-0.25, -0.2) is 0 Å². The number of aliphatic carboxylic acids is 1. The second-order valence-corrected chi connectivity index (χ2v) is 3.71. The number of carboxylic acid groups (broad SMARTS) is 1. The largest absolute Gasteiger partial charge is 0.497 e. The van der Waals surface area contributed by atoms with Gasteiger partial charge in [-0.05, 0) is 17.7 Å². The average Bonchev–Trinajstić information content (AvgIpc) is 2.30. The highest BCUT2D eigenvalue weighted by Crippen LogP contribution is 2.17. The predicted octanol–water partition coefficient (Wildman–Crippen LogP) is 2.30. The number of ether oxygens (including phenoxy) is 1. The Morgan fingerprint density at radius 1 is 1.53 bits per heavy atom. The Hall–Kier alpha value is -1.66. The van der Waals surface area contributed by atoms with Crippen LogP contribution >= 0.6 is 11.6 Å². The molecule has 1 N–H and O–H groups in total. The minimum absolute atomic E-state index is 0.0467. The molecule has 1 aromatic carbocycles. The summed E-state index contributed by atoms with van der Waals surface area (Å²) in [5, 5.41) is 8.79. The van der Waals surface area contributed by atoms with Gasteiger partial charge in [-0.2, -0.15) is 0 Å². The van der Waals surface area contributed by atoms with Crippen molar-refractivity contribution in [2.75, 3.05) is 13.0 Å². The molecule has 4 heteroatoms. The van der Waals surface area contributed by atoms with E-state index >= 15 is 0 Å². The molecule has 90 valence electrons. The van der Waals surface area contributed by atoms with Crippen LogP contribution in [-0.4, -0.2) is 24.1 Å². The van der Waals surface area contributed by atoms with Gasteiger partial charge in [-0.15, -0.1) is 11.6 Å². The lowest BCUT2D eigenvalue weighted by Crippen LogP contribution is -2.02. The van der Waals surface area contributed by atoms with Crippen molar-refractivity contribution in [1.82, 2.24) is 0 Å². The normalized spacial score (nSPS) is 9.29. The van der Waals surface area contributed by atoms with E-state index in [9.17, 15) is 4.79 Å². The van der Waals surface area contributed by atoms with Crippen LogP contribution in [0, 0.1) is 11.8 Å². The third-order valence-electron chi connectivity index (χ3n) is 2.10. The summed E-state index contributed by atoms with van der Waals surface area (Å²) < 4.78 is 5.08. The number of hydrogen-bond acceptors (Lipinski definition) is 2. The molecular weight excluding hydrogens is 240 g/mol. The van der Waals surface area contributed by atoms with Gasteiger partial charge in [-0.1, -0.05) is 17.9 Å². The molecule has 0 saturated carbocycles. The number of carboxylic acids is 1. The van der Waals surface area contributed by atoms with Gasteiger partial charge in [-0.3, -0.25) is 4.79 Å². The van der Waals surface area contributed by atoms with Crippen LogP contribution in [0.15, 0.2) is 18.2 Å². The molecule has 0 radical (unpaired) electrons. The smallest absolute Gasteiger partial charge is 0.307 e. The van der Waals surface area contributed by atoms with E-state index in [0.717, 1.165) is 0 Å². The fourth-order valence-electron chi connectivity index (χ4n) is 1.32. The van der Waals surface area contributed by atoms with Crippen molar-refractivity contribution < 1.29 is 14.6 Å². The van der Waals surface area contributed by atoms with Crippen LogP contribution in [0.1, 0.15) is 17.5 Å². The molecule has 0 fully saturated rings. The van der Waals surface area contributed by atoms with Crippen LogP contribution in [-0.2, 0) is 11.2 Å². The van der Waals surface area contributed by atoms with Gasteiger partial charge in [0.15, 0.2) is 0 Å². The van der Waals surface area contributed by atoms with Crippen LogP contribution in [0.3, 0.4) is 0 Å². The highest BCUT2D eigenvalue weighted by molar-refractivity contribution is 6.18. The summed E-state index contributed by atoms with van der Waals surface area (Å²) in [5.41, 5.74) is 1.36. The molecule has 0 heterocycles. The third kappa shape index (κ3) is 4.38. The van der Waals surface area contributed by atoms with Gasteiger partial charge < -0.3 is 9.84 Å². The van der Waals surface area contributed by atoms with E-state index < -0.39 is 5.97 Å². The minimum atomic E-state index is -0.879. The molecule has 3 nitrogen and oxygen atoms in total. The maximum atomic E-state index is 10.7. The summed E-state index contributed by atoms with van der Waals surface area (Å²) >= 11 is 5.53. The molecule has 1 rings (SSSR count). The van der Waals surface area contributed by atoms with Crippen molar-refractivity contribution in [3.8, 4) is 17.6 Å². The zero-order chi connectivity index (χ0) is 12.7. The molecule has 1 aromatic rings. The Morgan fingerprint density at radius 2 is 2.29 bits per heavy atom. The second-order valence-electron chi connectivity index (χ2n) is 3.33. The summed E-state index contributed by atoms with van der Waals surface area (Å²) in [6.07, 6.45) is 0.528. The first-order valence-electron chi connectivity index (χ1n) is 5.11. The van der Waals surface area contributed by atoms with Crippen molar-refractivity contribution in [2.24, 2.45) is 0 Å². The second kappa shape index (κ2) is 6.82. The van der Waals surface area contributed by atoms with E-state index in [0.29, 0.717) is 29.2 Å². The van der Waals surface area contributed by atoms with E-state index in [2.05, 4.69) is 11.8 Å². The first-order chi connectivity index (χ1) is 8.17. The van der Waals surface area contributed by atoms with Crippen molar-refractivity contribution in [3.63, 3.8) is 0 Å². The molecule has 0 aliphatic rings. The van der Waals surface area contributed by atoms with Gasteiger partial charge in [0, 0.05) is 17.9 Å². The summed E-state index contributed by atoms with van der Waals surface area (Å²) in [6, 6.07) is 5.18. The van der Waals surface area contributed by atoms with E-state index in [4.69, 9.17) is 21.4 Å². The first-order valence-corrected chi connectivity index (χ1v) is 5.64. The van der Waals surface area contributed by atoms with Crippen LogP contribution < -0.4 is 4.74 Å². The molecule has 0 aliphatic heterocycles. The number of carbonyl (C=O) groups is 1. The summed E-state index contributed by atoms with van der Waals surface area (Å²) in [4.78, 5) is 10.7. The lowest BCUT2D eigenvalue weighted by atomic mass is 10.0. The zero-order valence-electron chi connectivity index (χ0n) is 9.50. The van der Waals surface area contributed by atoms with Crippen LogP contribution in [0.25, 0.3) is 0 Å². The Kier molecular flexibility index (Phi) is 5.38. The third-order valence-corrected chi connectivity index (χ3v) is 2.29. The molecule has 0 spiro atoms. The van der Waals surface area contributed by atoms with Crippen LogP contribution in [0.4, 0.5) is 0 Å². The molecule has 0 atom stereocenters. The maximum Gasteiger partial charge on any atom is 0.307 e. The highest BCUT2D eigenvalue weighted by atomic mass is 35.5. The fraction of sp³-hybridized carbons (Fsp3) is 0.308. The van der Waals surface area contributed by atoms with Gasteiger partial charge in [0.05, 0.1) is 13.5 Å². The number of halogens is 1. The number of benzene rings is 1. The van der Waals surface area contributed by atoms with Gasteiger partial charge in [0.1, 0.15) is 5.75 Å². The van der Waals surface area contributed by atoms with Crippen LogP contribution in [0.5, 0.6) is 5.75 Å². The Labute approximate surface area is 105 Å². The Morgan fingerprint density at radius 3 is 2.88 bits per heavy atom. The standard InChI is InChI=1S/C13H13ClO3/c1-17-12-6-5-11(9-13(15)16)10(8-12)4-2-3-7-14/h5-6,8H,3,7,9H2,1H3,(H,15,16). The predicted molar refractivity (Wildman–Crippen MR) is 66.5 cm³/mol. The van der Waals surface area contributed by atoms with Crippen molar-refractivity contribution in [3.05, 3.63) is 29.3 Å². The van der Waals surface area contributed by atoms with Gasteiger partial charge in [0.25, 0.3) is 0 Å². The molecule has 0 aliphatic carbocycles. The SMILES string of the molecule is COc1ccc(CC(=O)O)c(C#CCCCl)c1. The quantitative estimate of drug-likeness (QED) is 0.661. The maximum absolute atomic E-state index is 10.7. The Bertz CT molecular complexity index is 457. The van der Waals surface area contributed by atoms with Gasteiger partial charge in [0.2, 0.25) is 0 Å². The summed E-state index contributed by atoms with van der Waals surface area (Å²) in [5.74, 6) is 6.05. The van der Waals surface area contributed by atoms with Crippen molar-refractivity contribution in [1.29, 1.82) is 0 Å². The lowest BCUT2D eigenvalue weighted by Gasteiger charge is -2.05. The molecule has 0 aromatic heterocycles. The van der Waals surface area contributed by atoms with E-state index in [1.807, 2.05) is 0 Å². The molecule has 0 amide bonds. The van der Waals surface area contributed by atoms with Gasteiger partial charge >= 0.3 is 5.97 Å². The molecule has 17 heavy (non-hydrogen) atoms. The number of rotatable bonds is 4. The van der Waals surface area contributed by atoms with E-state index in [1.165, 1.54) is 0 Å². The highest BCUT2D eigenvalue weighted by Gasteiger charge is 2.06. The number of hydrogen-bond donors (Lipinski definition) is 1. The van der Waals surface area contributed by atoms with Crippen LogP contribution in [0.2, 0.25) is 0 Å². The average molecular weight is 253 g/mol. The molecule has 0 bridgehead atoms. The van der Waals surface area contributed by atoms with Crippen molar-refractivity contribution in [2.45, 2.75) is 12.8 Å². The first kappa shape index (κ1) is 13.4. The minimum Gasteiger partial charge on any atom is -0.497 e. The number of alkyl halides is 1. The monoisotopic (exact) mass is 252 g/mol. The van der Waals surface area contributed by atoms with Crippen molar-refractivity contribution >= 4 is 17.6 Å². The van der Waals surface area contributed by atoms with E-state index in [-0.39, 0.29) is 6.42 Å². The number of methoxy groups -OCH3 is 1. The topological polar surface area (TPSA) is 46.5 Å². The summed E-state index contributed by atoms with van der Waals surface area (Å²) in [7, 11) is 1.56. The molecule has 0 unspecified atom stereocenters.